The largest absolute Gasteiger partial charge is 0.496 e. The van der Waals surface area contributed by atoms with E-state index in [0.717, 1.165) is 43.2 Å². The van der Waals surface area contributed by atoms with Gasteiger partial charge in [0.05, 0.1) is 12.7 Å². The molecule has 0 aromatic heterocycles. The molecule has 1 atom stereocenters. The number of likely N-dealkylation sites (N-methyl/N-ethyl adjacent to an activating group) is 1. The van der Waals surface area contributed by atoms with Gasteiger partial charge in [0, 0.05) is 12.6 Å². The maximum atomic E-state index is 6.02. The first-order valence-corrected chi connectivity index (χ1v) is 7.93. The molecule has 0 bridgehead atoms. The fourth-order valence-electron chi connectivity index (χ4n) is 2.49. The molecule has 0 aliphatic carbocycles. The zero-order chi connectivity index (χ0) is 15.7. The number of benzene rings is 1. The van der Waals surface area contributed by atoms with Crippen LogP contribution in [0.5, 0.6) is 11.5 Å². The van der Waals surface area contributed by atoms with E-state index in [-0.39, 0.29) is 6.04 Å². The van der Waals surface area contributed by atoms with Crippen molar-refractivity contribution in [3.8, 4) is 11.5 Å². The van der Waals surface area contributed by atoms with Crippen LogP contribution in [0.15, 0.2) is 18.2 Å². The molecule has 0 aliphatic heterocycles. The van der Waals surface area contributed by atoms with Crippen LogP contribution in [0, 0.1) is 0 Å². The summed E-state index contributed by atoms with van der Waals surface area (Å²) in [6, 6.07) is 6.19. The lowest BCUT2D eigenvalue weighted by Gasteiger charge is -2.22. The summed E-state index contributed by atoms with van der Waals surface area (Å²) in [6.45, 7) is 13.3. The summed E-state index contributed by atoms with van der Waals surface area (Å²) in [4.78, 5) is 2.35. The molecule has 1 aromatic rings. The van der Waals surface area contributed by atoms with Crippen LogP contribution in [0.4, 0.5) is 0 Å². The van der Waals surface area contributed by atoms with E-state index >= 15 is 0 Å². The molecule has 1 unspecified atom stereocenters. The van der Waals surface area contributed by atoms with Gasteiger partial charge in [0.25, 0.3) is 0 Å². The number of hydrogen-bond donors (Lipinski definition) is 1. The predicted molar refractivity (Wildman–Crippen MR) is 88.4 cm³/mol. The molecule has 0 aliphatic rings. The molecular formula is C17H30N2O2. The third-order valence-corrected chi connectivity index (χ3v) is 3.75. The lowest BCUT2D eigenvalue weighted by atomic mass is 10.1. The Labute approximate surface area is 129 Å². The Morgan fingerprint density at radius 2 is 1.81 bits per heavy atom. The Hall–Kier alpha value is -1.26. The summed E-state index contributed by atoms with van der Waals surface area (Å²) in [7, 11) is 1.71. The smallest absolute Gasteiger partial charge is 0.127 e. The summed E-state index contributed by atoms with van der Waals surface area (Å²) in [5, 5.41) is 3.43. The van der Waals surface area contributed by atoms with Gasteiger partial charge in [0.2, 0.25) is 0 Å². The molecule has 1 rings (SSSR count). The van der Waals surface area contributed by atoms with Crippen LogP contribution in [0.3, 0.4) is 0 Å². The molecule has 0 saturated carbocycles. The van der Waals surface area contributed by atoms with Gasteiger partial charge in [-0.15, -0.1) is 0 Å². The number of nitrogens with zero attached hydrogens (tertiary/aromatic N) is 1. The van der Waals surface area contributed by atoms with Crippen LogP contribution in [0.1, 0.15) is 39.3 Å². The third kappa shape index (κ3) is 5.21. The van der Waals surface area contributed by atoms with Crippen molar-refractivity contribution in [1.29, 1.82) is 0 Å². The highest BCUT2D eigenvalue weighted by atomic mass is 16.5. The number of hydrogen-bond acceptors (Lipinski definition) is 4. The molecule has 0 radical (unpaired) electrons. The Bertz CT molecular complexity index is 406. The van der Waals surface area contributed by atoms with Crippen LogP contribution in [0.2, 0.25) is 0 Å². The van der Waals surface area contributed by atoms with E-state index in [1.54, 1.807) is 7.11 Å². The molecule has 120 valence electrons. The quantitative estimate of drug-likeness (QED) is 0.719. The normalized spacial score (nSPS) is 12.5. The molecule has 21 heavy (non-hydrogen) atoms. The van der Waals surface area contributed by atoms with Crippen LogP contribution < -0.4 is 14.8 Å². The standard InChI is InChI=1S/C17H30N2O2/c1-6-18-14(4)17-15(20-5)10-9-11-16(17)21-13-12-19(7-2)8-3/h9-11,14,18H,6-8,12-13H2,1-5H3. The van der Waals surface area contributed by atoms with Crippen molar-refractivity contribution in [2.45, 2.75) is 33.7 Å². The number of rotatable bonds is 10. The van der Waals surface area contributed by atoms with Gasteiger partial charge in [-0.05, 0) is 38.7 Å². The Kier molecular flexibility index (Phi) is 8.16. The summed E-state index contributed by atoms with van der Waals surface area (Å²) in [5.74, 6) is 1.79. The van der Waals surface area contributed by atoms with Crippen molar-refractivity contribution in [2.24, 2.45) is 0 Å². The van der Waals surface area contributed by atoms with Crippen LogP contribution in [-0.4, -0.2) is 44.8 Å². The molecular weight excluding hydrogens is 264 g/mol. The summed E-state index contributed by atoms with van der Waals surface area (Å²) in [6.07, 6.45) is 0. The van der Waals surface area contributed by atoms with E-state index < -0.39 is 0 Å². The predicted octanol–water partition coefficient (Wildman–Crippen LogP) is 3.09. The van der Waals surface area contributed by atoms with E-state index in [9.17, 15) is 0 Å². The van der Waals surface area contributed by atoms with E-state index in [2.05, 4.69) is 37.9 Å². The first-order chi connectivity index (χ1) is 10.2. The lowest BCUT2D eigenvalue weighted by Crippen LogP contribution is -2.28. The van der Waals surface area contributed by atoms with E-state index in [4.69, 9.17) is 9.47 Å². The van der Waals surface area contributed by atoms with Gasteiger partial charge in [-0.2, -0.15) is 0 Å². The van der Waals surface area contributed by atoms with Gasteiger partial charge in [-0.1, -0.05) is 26.8 Å². The summed E-state index contributed by atoms with van der Waals surface area (Å²) >= 11 is 0. The Morgan fingerprint density at radius 3 is 2.38 bits per heavy atom. The monoisotopic (exact) mass is 294 g/mol. The van der Waals surface area contributed by atoms with E-state index in [1.807, 2.05) is 18.2 Å². The average Bonchev–Trinajstić information content (AvgIpc) is 2.51. The number of methoxy groups -OCH3 is 1. The second-order valence-corrected chi connectivity index (χ2v) is 5.03. The lowest BCUT2D eigenvalue weighted by molar-refractivity contribution is 0.220. The Balaban J connectivity index is 2.80. The first-order valence-electron chi connectivity index (χ1n) is 7.93. The van der Waals surface area contributed by atoms with Gasteiger partial charge in [0.15, 0.2) is 0 Å². The molecule has 4 nitrogen and oxygen atoms in total. The highest BCUT2D eigenvalue weighted by Crippen LogP contribution is 2.33. The second-order valence-electron chi connectivity index (χ2n) is 5.03. The Morgan fingerprint density at radius 1 is 1.14 bits per heavy atom. The second kappa shape index (κ2) is 9.64. The number of nitrogens with one attached hydrogen (secondary N) is 1. The number of ether oxygens (including phenoxy) is 2. The zero-order valence-electron chi connectivity index (χ0n) is 14.1. The minimum absolute atomic E-state index is 0.203. The minimum atomic E-state index is 0.203. The minimum Gasteiger partial charge on any atom is -0.496 e. The summed E-state index contributed by atoms with van der Waals surface area (Å²) < 4.78 is 11.5. The van der Waals surface area contributed by atoms with Gasteiger partial charge < -0.3 is 19.7 Å². The van der Waals surface area contributed by atoms with Crippen molar-refractivity contribution < 1.29 is 9.47 Å². The average molecular weight is 294 g/mol. The van der Waals surface area contributed by atoms with E-state index in [1.165, 1.54) is 0 Å². The maximum absolute atomic E-state index is 6.02. The summed E-state index contributed by atoms with van der Waals surface area (Å²) in [5.41, 5.74) is 1.10. The van der Waals surface area contributed by atoms with Crippen molar-refractivity contribution in [3.05, 3.63) is 23.8 Å². The van der Waals surface area contributed by atoms with Crippen molar-refractivity contribution in [1.82, 2.24) is 10.2 Å². The van der Waals surface area contributed by atoms with Gasteiger partial charge in [-0.3, -0.25) is 0 Å². The van der Waals surface area contributed by atoms with Crippen LogP contribution in [-0.2, 0) is 0 Å². The molecule has 4 heteroatoms. The van der Waals surface area contributed by atoms with Crippen LogP contribution in [0.25, 0.3) is 0 Å². The molecule has 0 spiro atoms. The molecule has 0 amide bonds. The third-order valence-electron chi connectivity index (χ3n) is 3.75. The van der Waals surface area contributed by atoms with Gasteiger partial charge in [0.1, 0.15) is 18.1 Å². The maximum Gasteiger partial charge on any atom is 0.127 e. The highest BCUT2D eigenvalue weighted by molar-refractivity contribution is 5.46. The fraction of sp³-hybridized carbons (Fsp3) is 0.647. The topological polar surface area (TPSA) is 33.7 Å². The molecule has 0 fully saturated rings. The zero-order valence-corrected chi connectivity index (χ0v) is 14.1. The van der Waals surface area contributed by atoms with Gasteiger partial charge >= 0.3 is 0 Å². The van der Waals surface area contributed by atoms with Gasteiger partial charge in [-0.25, -0.2) is 0 Å². The first kappa shape index (κ1) is 17.8. The van der Waals surface area contributed by atoms with Crippen molar-refractivity contribution in [3.63, 3.8) is 0 Å². The fourth-order valence-corrected chi connectivity index (χ4v) is 2.49. The SMILES string of the molecule is CCNC(C)c1c(OC)cccc1OCCN(CC)CC. The van der Waals surface area contributed by atoms with E-state index in [0.29, 0.717) is 6.61 Å². The molecule has 1 aromatic carbocycles. The molecule has 0 saturated heterocycles. The highest BCUT2D eigenvalue weighted by Gasteiger charge is 2.16. The van der Waals surface area contributed by atoms with Crippen LogP contribution >= 0.6 is 0 Å². The molecule has 1 N–H and O–H groups in total. The van der Waals surface area contributed by atoms with Crippen molar-refractivity contribution >= 4 is 0 Å². The van der Waals surface area contributed by atoms with Crippen molar-refractivity contribution in [2.75, 3.05) is 39.9 Å². The molecule has 0 heterocycles.